The van der Waals surface area contributed by atoms with Crippen molar-refractivity contribution in [3.05, 3.63) is 36.6 Å². The molecule has 0 aliphatic heterocycles. The Labute approximate surface area is 94.0 Å². The van der Waals surface area contributed by atoms with E-state index in [0.717, 1.165) is 23.8 Å². The quantitative estimate of drug-likeness (QED) is 0.753. The van der Waals surface area contributed by atoms with E-state index >= 15 is 0 Å². The molecule has 5 nitrogen and oxygen atoms in total. The molecule has 1 aromatic carbocycles. The highest BCUT2D eigenvalue weighted by Crippen LogP contribution is 2.13. The molecule has 0 aliphatic rings. The fourth-order valence-corrected chi connectivity index (χ4v) is 0.899. The van der Waals surface area contributed by atoms with E-state index in [-0.39, 0.29) is 0 Å². The lowest BCUT2D eigenvalue weighted by molar-refractivity contribution is 0.393. The third-order valence-electron chi connectivity index (χ3n) is 1.43. The van der Waals surface area contributed by atoms with Gasteiger partial charge >= 0.3 is 0 Å². The van der Waals surface area contributed by atoms with E-state index < -0.39 is 9.84 Å². The molecule has 0 atom stereocenters. The van der Waals surface area contributed by atoms with Crippen LogP contribution in [0.15, 0.2) is 41.1 Å². The number of hydrogen-bond acceptors (Lipinski definition) is 5. The maximum Gasteiger partial charge on any atom is 0.152 e. The standard InChI is InChI=1S/C8H6N2O.C2H6O2S/c1-2-4-7(5-3-1)8-6-11-10-9-8;1-5(2,3)4/h1-6H;1-2H3. The predicted octanol–water partition coefficient (Wildman–Crippen LogP) is 1.40. The third-order valence-corrected chi connectivity index (χ3v) is 1.43. The maximum atomic E-state index is 9.63. The number of benzene rings is 1. The first-order chi connectivity index (χ1) is 7.47. The van der Waals surface area contributed by atoms with Crippen LogP contribution in [0.25, 0.3) is 11.3 Å². The molecule has 0 spiro atoms. The molecule has 0 bridgehead atoms. The molecule has 16 heavy (non-hydrogen) atoms. The van der Waals surface area contributed by atoms with Gasteiger partial charge < -0.3 is 4.52 Å². The van der Waals surface area contributed by atoms with E-state index in [2.05, 4.69) is 14.9 Å². The lowest BCUT2D eigenvalue weighted by atomic mass is 10.2. The Bertz CT molecular complexity index is 498. The van der Waals surface area contributed by atoms with Gasteiger partial charge in [0.1, 0.15) is 15.5 Å². The first kappa shape index (κ1) is 12.4. The van der Waals surface area contributed by atoms with Gasteiger partial charge in [0.05, 0.1) is 0 Å². The van der Waals surface area contributed by atoms with Crippen molar-refractivity contribution >= 4 is 9.84 Å². The Hall–Kier alpha value is -1.69. The molecule has 2 aromatic rings. The molecular formula is C10H12N2O3S. The van der Waals surface area contributed by atoms with Crippen LogP contribution in [-0.4, -0.2) is 31.3 Å². The van der Waals surface area contributed by atoms with E-state index in [9.17, 15) is 8.42 Å². The van der Waals surface area contributed by atoms with Gasteiger partial charge in [-0.2, -0.15) is 0 Å². The Morgan fingerprint density at radius 3 is 2.12 bits per heavy atom. The van der Waals surface area contributed by atoms with Gasteiger partial charge in [0.25, 0.3) is 0 Å². The van der Waals surface area contributed by atoms with Crippen LogP contribution in [0.1, 0.15) is 0 Å². The average molecular weight is 240 g/mol. The second kappa shape index (κ2) is 5.41. The second-order valence-electron chi connectivity index (χ2n) is 3.30. The molecule has 6 heteroatoms. The highest BCUT2D eigenvalue weighted by Gasteiger charge is 1.98. The molecule has 0 saturated carbocycles. The fraction of sp³-hybridized carbons (Fsp3) is 0.200. The van der Waals surface area contributed by atoms with Gasteiger partial charge in [0.15, 0.2) is 6.26 Å². The summed E-state index contributed by atoms with van der Waals surface area (Å²) in [7, 11) is -2.67. The normalized spacial score (nSPS) is 10.4. The monoisotopic (exact) mass is 240 g/mol. The lowest BCUT2D eigenvalue weighted by Crippen LogP contribution is -1.86. The number of hydrogen-bond donors (Lipinski definition) is 0. The molecule has 0 fully saturated rings. The summed E-state index contributed by atoms with van der Waals surface area (Å²) in [5.41, 5.74) is 1.79. The maximum absolute atomic E-state index is 9.63. The van der Waals surface area contributed by atoms with Crippen molar-refractivity contribution in [3.8, 4) is 11.3 Å². The van der Waals surface area contributed by atoms with Crippen LogP contribution in [-0.2, 0) is 9.84 Å². The van der Waals surface area contributed by atoms with Crippen LogP contribution in [0, 0.1) is 0 Å². The molecule has 0 amide bonds. The summed E-state index contributed by atoms with van der Waals surface area (Å²) < 4.78 is 23.9. The smallest absolute Gasteiger partial charge is 0.152 e. The van der Waals surface area contributed by atoms with Gasteiger partial charge in [-0.3, -0.25) is 0 Å². The summed E-state index contributed by atoms with van der Waals surface area (Å²) in [6.45, 7) is 0. The summed E-state index contributed by atoms with van der Waals surface area (Å²) in [5, 5.41) is 7.14. The number of rotatable bonds is 1. The summed E-state index contributed by atoms with van der Waals surface area (Å²) in [6, 6.07) is 9.77. The minimum Gasteiger partial charge on any atom is -0.345 e. The van der Waals surface area contributed by atoms with Crippen LogP contribution in [0.3, 0.4) is 0 Å². The van der Waals surface area contributed by atoms with Crippen molar-refractivity contribution < 1.29 is 12.9 Å². The summed E-state index contributed by atoms with van der Waals surface area (Å²) >= 11 is 0. The summed E-state index contributed by atoms with van der Waals surface area (Å²) in [6.07, 6.45) is 3.84. The van der Waals surface area contributed by atoms with Gasteiger partial charge in [-0.15, -0.1) is 5.10 Å². The van der Waals surface area contributed by atoms with E-state index in [1.807, 2.05) is 30.3 Å². The molecule has 0 aliphatic carbocycles. The van der Waals surface area contributed by atoms with Gasteiger partial charge in [0, 0.05) is 23.3 Å². The average Bonchev–Trinajstić information content (AvgIpc) is 2.69. The molecule has 2 rings (SSSR count). The highest BCUT2D eigenvalue weighted by atomic mass is 32.2. The number of aromatic nitrogens is 2. The van der Waals surface area contributed by atoms with E-state index in [0.29, 0.717) is 0 Å². The van der Waals surface area contributed by atoms with E-state index in [1.54, 1.807) is 0 Å². The number of sulfone groups is 1. The van der Waals surface area contributed by atoms with Crippen LogP contribution >= 0.6 is 0 Å². The zero-order valence-electron chi connectivity index (χ0n) is 8.99. The zero-order chi connectivity index (χ0) is 12.0. The first-order valence-electron chi connectivity index (χ1n) is 4.44. The van der Waals surface area contributed by atoms with Gasteiger partial charge in [-0.05, 0) is 0 Å². The zero-order valence-corrected chi connectivity index (χ0v) is 9.81. The van der Waals surface area contributed by atoms with Gasteiger partial charge in [0.2, 0.25) is 0 Å². The minimum absolute atomic E-state index is 0.769. The van der Waals surface area contributed by atoms with Crippen molar-refractivity contribution in [2.45, 2.75) is 0 Å². The number of nitrogens with zero attached hydrogens (tertiary/aromatic N) is 2. The molecule has 0 saturated heterocycles. The minimum atomic E-state index is -2.67. The SMILES string of the molecule is CS(C)(=O)=O.c1ccc(-c2conn2)cc1. The van der Waals surface area contributed by atoms with Crippen LogP contribution in [0.4, 0.5) is 0 Å². The van der Waals surface area contributed by atoms with Crippen molar-refractivity contribution in [1.82, 2.24) is 10.4 Å². The fourth-order valence-electron chi connectivity index (χ4n) is 0.899. The van der Waals surface area contributed by atoms with E-state index in [1.165, 1.54) is 6.26 Å². The Morgan fingerprint density at radius 1 is 1.12 bits per heavy atom. The largest absolute Gasteiger partial charge is 0.345 e. The van der Waals surface area contributed by atoms with Crippen LogP contribution < -0.4 is 0 Å². The van der Waals surface area contributed by atoms with Gasteiger partial charge in [-0.25, -0.2) is 8.42 Å². The van der Waals surface area contributed by atoms with Crippen molar-refractivity contribution in [1.29, 1.82) is 0 Å². The van der Waals surface area contributed by atoms with Crippen molar-refractivity contribution in [2.75, 3.05) is 12.5 Å². The van der Waals surface area contributed by atoms with Crippen LogP contribution in [0.5, 0.6) is 0 Å². The predicted molar refractivity (Wildman–Crippen MR) is 60.5 cm³/mol. The van der Waals surface area contributed by atoms with E-state index in [4.69, 9.17) is 0 Å². The van der Waals surface area contributed by atoms with Gasteiger partial charge in [-0.1, -0.05) is 30.3 Å². The Balaban J connectivity index is 0.000000221. The summed E-state index contributed by atoms with van der Waals surface area (Å²) in [5.74, 6) is 0. The third kappa shape index (κ3) is 5.26. The molecule has 86 valence electrons. The van der Waals surface area contributed by atoms with Crippen molar-refractivity contribution in [2.24, 2.45) is 0 Å². The first-order valence-corrected chi connectivity index (χ1v) is 6.74. The van der Waals surface area contributed by atoms with Crippen LogP contribution in [0.2, 0.25) is 0 Å². The second-order valence-corrected chi connectivity index (χ2v) is 5.59. The molecule has 0 N–H and O–H groups in total. The highest BCUT2D eigenvalue weighted by molar-refractivity contribution is 7.89. The molecule has 0 radical (unpaired) electrons. The molecule has 1 heterocycles. The molecular weight excluding hydrogens is 228 g/mol. The summed E-state index contributed by atoms with van der Waals surface area (Å²) in [4.78, 5) is 0. The molecule has 0 unspecified atom stereocenters. The topological polar surface area (TPSA) is 73.1 Å². The molecule has 1 aromatic heterocycles. The Morgan fingerprint density at radius 2 is 1.69 bits per heavy atom. The lowest BCUT2D eigenvalue weighted by Gasteiger charge is -1.89. The van der Waals surface area contributed by atoms with Crippen molar-refractivity contribution in [3.63, 3.8) is 0 Å². The Kier molecular flexibility index (Phi) is 4.19.